The molecule has 2 aromatic carbocycles. The molecule has 0 bridgehead atoms. The number of amides is 1. The molecule has 0 unspecified atom stereocenters. The van der Waals surface area contributed by atoms with Crippen molar-refractivity contribution in [1.29, 1.82) is 0 Å². The van der Waals surface area contributed by atoms with Crippen LogP contribution < -0.4 is 5.32 Å². The van der Waals surface area contributed by atoms with Crippen molar-refractivity contribution < 1.29 is 13.4 Å². The second-order valence-corrected chi connectivity index (χ2v) is 7.68. The molecule has 6 heteroatoms. The van der Waals surface area contributed by atoms with Crippen LogP contribution in [0.15, 0.2) is 71.1 Å². The highest BCUT2D eigenvalue weighted by Gasteiger charge is 2.13. The van der Waals surface area contributed by atoms with Crippen LogP contribution in [0.5, 0.6) is 0 Å². The second-order valence-electron chi connectivity index (χ2n) is 5.79. The Labute approximate surface area is 159 Å². The number of benzene rings is 2. The number of halogens is 1. The van der Waals surface area contributed by atoms with E-state index in [1.54, 1.807) is 24.3 Å². The van der Waals surface area contributed by atoms with Gasteiger partial charge in [-0.25, -0.2) is 0 Å². The van der Waals surface area contributed by atoms with Gasteiger partial charge in [0, 0.05) is 28.1 Å². The molecule has 0 saturated carbocycles. The van der Waals surface area contributed by atoms with Gasteiger partial charge in [0.15, 0.2) is 5.76 Å². The molecule has 0 aliphatic rings. The number of rotatable bonds is 7. The van der Waals surface area contributed by atoms with Gasteiger partial charge >= 0.3 is 0 Å². The molecule has 0 spiro atoms. The third-order valence-electron chi connectivity index (χ3n) is 3.73. The standard InChI is InChI=1S/C20H18ClNO3S/c21-17-8-6-16(7-9-17)13-26(24)14-18-10-11-19(25-18)20(23)22-12-15-4-2-1-3-5-15/h1-11H,12-14H2,(H,22,23)/t26-/m0/s1. The van der Waals surface area contributed by atoms with Gasteiger partial charge < -0.3 is 9.73 Å². The van der Waals surface area contributed by atoms with Crippen LogP contribution in [0.4, 0.5) is 0 Å². The highest BCUT2D eigenvalue weighted by molar-refractivity contribution is 7.83. The molecule has 26 heavy (non-hydrogen) atoms. The largest absolute Gasteiger partial charge is 0.455 e. The molecule has 1 N–H and O–H groups in total. The van der Waals surface area contributed by atoms with E-state index in [4.69, 9.17) is 16.0 Å². The van der Waals surface area contributed by atoms with E-state index in [2.05, 4.69) is 5.32 Å². The maximum absolute atomic E-state index is 12.3. The fourth-order valence-corrected chi connectivity index (χ4v) is 3.68. The summed E-state index contributed by atoms with van der Waals surface area (Å²) in [6, 6.07) is 20.2. The Hall–Kier alpha value is -2.37. The highest BCUT2D eigenvalue weighted by atomic mass is 35.5. The molecule has 0 aliphatic heterocycles. The summed E-state index contributed by atoms with van der Waals surface area (Å²) >= 11 is 5.85. The minimum absolute atomic E-state index is 0.222. The van der Waals surface area contributed by atoms with Crippen LogP contribution in [0.3, 0.4) is 0 Å². The van der Waals surface area contributed by atoms with Crippen molar-refractivity contribution >= 4 is 28.3 Å². The number of hydrogen-bond donors (Lipinski definition) is 1. The molecule has 1 atom stereocenters. The van der Waals surface area contributed by atoms with E-state index in [0.717, 1.165) is 11.1 Å². The molecular weight excluding hydrogens is 370 g/mol. The first kappa shape index (κ1) is 18.4. The fraction of sp³-hybridized carbons (Fsp3) is 0.150. The zero-order chi connectivity index (χ0) is 18.4. The van der Waals surface area contributed by atoms with Crippen molar-refractivity contribution in [3.63, 3.8) is 0 Å². The molecule has 3 aromatic rings. The topological polar surface area (TPSA) is 59.3 Å². The van der Waals surface area contributed by atoms with Gasteiger partial charge in [-0.05, 0) is 35.4 Å². The maximum atomic E-state index is 12.3. The lowest BCUT2D eigenvalue weighted by molar-refractivity contribution is 0.0921. The SMILES string of the molecule is O=C(NCc1ccccc1)c1ccc(C[S@@](=O)Cc2ccc(Cl)cc2)o1. The Bertz CT molecular complexity index is 891. The van der Waals surface area contributed by atoms with Crippen LogP contribution >= 0.6 is 11.6 Å². The van der Waals surface area contributed by atoms with Crippen LogP contribution in [-0.2, 0) is 28.9 Å². The Kier molecular flexibility index (Phi) is 6.26. The van der Waals surface area contributed by atoms with Crippen LogP contribution in [0.25, 0.3) is 0 Å². The van der Waals surface area contributed by atoms with Gasteiger partial charge in [-0.15, -0.1) is 0 Å². The number of nitrogens with one attached hydrogen (secondary N) is 1. The van der Waals surface area contributed by atoms with Crippen LogP contribution in [0.1, 0.15) is 27.4 Å². The molecule has 0 aliphatic carbocycles. The Morgan fingerprint density at radius 2 is 1.65 bits per heavy atom. The van der Waals surface area contributed by atoms with Crippen LogP contribution in [0.2, 0.25) is 5.02 Å². The van der Waals surface area contributed by atoms with Gasteiger partial charge in [-0.2, -0.15) is 0 Å². The van der Waals surface area contributed by atoms with Crippen LogP contribution in [-0.4, -0.2) is 10.1 Å². The van der Waals surface area contributed by atoms with Crippen molar-refractivity contribution in [1.82, 2.24) is 5.32 Å². The summed E-state index contributed by atoms with van der Waals surface area (Å²) in [7, 11) is -1.13. The van der Waals surface area contributed by atoms with Crippen molar-refractivity contribution in [3.8, 4) is 0 Å². The first-order valence-electron chi connectivity index (χ1n) is 8.10. The molecule has 0 fully saturated rings. The molecule has 1 heterocycles. The average molecular weight is 388 g/mol. The third kappa shape index (κ3) is 5.31. The minimum Gasteiger partial charge on any atom is -0.455 e. The Morgan fingerprint density at radius 3 is 2.38 bits per heavy atom. The summed E-state index contributed by atoms with van der Waals surface area (Å²) in [5.41, 5.74) is 1.96. The summed E-state index contributed by atoms with van der Waals surface area (Å²) in [4.78, 5) is 12.1. The lowest BCUT2D eigenvalue weighted by Crippen LogP contribution is -2.22. The molecule has 0 saturated heterocycles. The van der Waals surface area contributed by atoms with E-state index in [1.807, 2.05) is 42.5 Å². The number of hydrogen-bond acceptors (Lipinski definition) is 3. The molecular formula is C20H18ClNO3S. The molecule has 0 radical (unpaired) electrons. The van der Waals surface area contributed by atoms with E-state index in [9.17, 15) is 9.00 Å². The average Bonchev–Trinajstić information content (AvgIpc) is 3.11. The summed E-state index contributed by atoms with van der Waals surface area (Å²) < 4.78 is 17.8. The zero-order valence-electron chi connectivity index (χ0n) is 14.0. The molecule has 3 rings (SSSR count). The predicted molar refractivity (Wildman–Crippen MR) is 103 cm³/mol. The minimum atomic E-state index is -1.13. The summed E-state index contributed by atoms with van der Waals surface area (Å²) in [5.74, 6) is 1.13. The van der Waals surface area contributed by atoms with Crippen LogP contribution in [0, 0.1) is 0 Å². The van der Waals surface area contributed by atoms with Crippen molar-refractivity contribution in [2.24, 2.45) is 0 Å². The molecule has 4 nitrogen and oxygen atoms in total. The van der Waals surface area contributed by atoms with E-state index >= 15 is 0 Å². The normalized spacial score (nSPS) is 11.9. The molecule has 134 valence electrons. The van der Waals surface area contributed by atoms with E-state index in [-0.39, 0.29) is 17.4 Å². The van der Waals surface area contributed by atoms with E-state index in [0.29, 0.717) is 23.1 Å². The first-order valence-corrected chi connectivity index (χ1v) is 9.97. The van der Waals surface area contributed by atoms with Crippen molar-refractivity contribution in [2.45, 2.75) is 18.1 Å². The fourth-order valence-electron chi connectivity index (χ4n) is 2.42. The summed E-state index contributed by atoms with van der Waals surface area (Å²) in [5, 5.41) is 3.46. The van der Waals surface area contributed by atoms with E-state index < -0.39 is 10.8 Å². The van der Waals surface area contributed by atoms with E-state index in [1.165, 1.54) is 0 Å². The monoisotopic (exact) mass is 387 g/mol. The molecule has 1 amide bonds. The highest BCUT2D eigenvalue weighted by Crippen LogP contribution is 2.15. The first-order chi connectivity index (χ1) is 12.6. The molecule has 1 aromatic heterocycles. The van der Waals surface area contributed by atoms with Gasteiger partial charge in [0.05, 0.1) is 5.75 Å². The van der Waals surface area contributed by atoms with Gasteiger partial charge in [0.25, 0.3) is 5.91 Å². The predicted octanol–water partition coefficient (Wildman–Crippen LogP) is 4.31. The number of carbonyl (C=O) groups excluding carboxylic acids is 1. The number of carbonyl (C=O) groups is 1. The second kappa shape index (κ2) is 8.83. The zero-order valence-corrected chi connectivity index (χ0v) is 15.6. The van der Waals surface area contributed by atoms with Gasteiger partial charge in [0.1, 0.15) is 5.76 Å². The summed E-state index contributed by atoms with van der Waals surface area (Å²) in [6.07, 6.45) is 0. The van der Waals surface area contributed by atoms with Gasteiger partial charge in [-0.3, -0.25) is 9.00 Å². The quantitative estimate of drug-likeness (QED) is 0.657. The maximum Gasteiger partial charge on any atom is 0.287 e. The number of furan rings is 1. The summed E-state index contributed by atoms with van der Waals surface area (Å²) in [6.45, 7) is 0.429. The lowest BCUT2D eigenvalue weighted by atomic mass is 10.2. The Morgan fingerprint density at radius 1 is 0.923 bits per heavy atom. The van der Waals surface area contributed by atoms with Crippen molar-refractivity contribution in [3.05, 3.63) is 94.4 Å². The lowest BCUT2D eigenvalue weighted by Gasteiger charge is -2.03. The van der Waals surface area contributed by atoms with Crippen molar-refractivity contribution in [2.75, 3.05) is 0 Å². The smallest absolute Gasteiger partial charge is 0.287 e. The van der Waals surface area contributed by atoms with Gasteiger partial charge in [0.2, 0.25) is 0 Å². The Balaban J connectivity index is 1.52. The van der Waals surface area contributed by atoms with Gasteiger partial charge in [-0.1, -0.05) is 54.1 Å². The third-order valence-corrected chi connectivity index (χ3v) is 5.24.